The number of fused-ring (bicyclic) bond motifs is 2. The van der Waals surface area contributed by atoms with Crippen LogP contribution in [0.4, 0.5) is 17.1 Å². The van der Waals surface area contributed by atoms with Crippen LogP contribution in [0.1, 0.15) is 39.3 Å². The lowest BCUT2D eigenvalue weighted by molar-refractivity contribution is 0.323. The molecule has 0 fully saturated rings. The fraction of sp³-hybridized carbons (Fsp3) is 0.171. The van der Waals surface area contributed by atoms with Gasteiger partial charge >= 0.3 is 0 Å². The van der Waals surface area contributed by atoms with Gasteiger partial charge in [0.25, 0.3) is 10.1 Å². The van der Waals surface area contributed by atoms with Crippen LogP contribution in [0, 0.1) is 33.6 Å². The summed E-state index contributed by atoms with van der Waals surface area (Å²) in [5.74, 6) is 0.569. The van der Waals surface area contributed by atoms with Crippen LogP contribution in [0.5, 0.6) is 5.75 Å². The minimum atomic E-state index is -4.46. The van der Waals surface area contributed by atoms with E-state index in [9.17, 15) is 13.0 Å². The largest absolute Gasteiger partial charge is 0.461 e. The van der Waals surface area contributed by atoms with Crippen molar-refractivity contribution in [2.75, 3.05) is 5.32 Å². The number of hydrogen-bond acceptors (Lipinski definition) is 5. The van der Waals surface area contributed by atoms with Crippen LogP contribution >= 0.6 is 0 Å². The summed E-state index contributed by atoms with van der Waals surface area (Å²) in [6, 6.07) is 24.8. The standard InChI is InChI=1S/C35H32N2O4S/c1-21-9-7-10-22(2)34(21)36-25-15-17-27-30(19-25)41-31-20-26(37-35-23(3)11-8-12-24(35)4)16-18-28(31)33(27)29-13-5-6-14-32(29)42(38,39)40/h5-20,27,33,37H,1-4H3,(H,38,39,40). The molecule has 6 nitrogen and oxygen atoms in total. The quantitative estimate of drug-likeness (QED) is 0.234. The number of para-hydroxylation sites is 2. The van der Waals surface area contributed by atoms with Gasteiger partial charge in [-0.05, 0) is 73.7 Å². The van der Waals surface area contributed by atoms with Gasteiger partial charge in [-0.3, -0.25) is 4.55 Å². The number of rotatable bonds is 5. The number of aliphatic imine (C=N–C) groups is 1. The molecule has 1 heterocycles. The molecular formula is C35H32N2O4S. The van der Waals surface area contributed by atoms with Gasteiger partial charge in [-0.1, -0.05) is 66.7 Å². The van der Waals surface area contributed by atoms with Crippen LogP contribution in [0.2, 0.25) is 0 Å². The van der Waals surface area contributed by atoms with Gasteiger partial charge in [0.2, 0.25) is 0 Å². The third-order valence-corrected chi connectivity index (χ3v) is 8.92. The van der Waals surface area contributed by atoms with Gasteiger partial charge < -0.3 is 10.1 Å². The summed E-state index contributed by atoms with van der Waals surface area (Å²) in [7, 11) is -4.46. The van der Waals surface area contributed by atoms with E-state index in [-0.39, 0.29) is 10.8 Å². The molecule has 0 radical (unpaired) electrons. The molecule has 0 amide bonds. The van der Waals surface area contributed by atoms with Crippen molar-refractivity contribution >= 4 is 32.9 Å². The van der Waals surface area contributed by atoms with Crippen molar-refractivity contribution in [3.63, 3.8) is 0 Å². The Morgan fingerprint density at radius 1 is 0.810 bits per heavy atom. The first-order valence-electron chi connectivity index (χ1n) is 13.9. The Bertz CT molecular complexity index is 1880. The highest BCUT2D eigenvalue weighted by Gasteiger charge is 2.38. The van der Waals surface area contributed by atoms with Crippen molar-refractivity contribution < 1.29 is 17.7 Å². The topological polar surface area (TPSA) is 88.0 Å². The number of hydrogen-bond donors (Lipinski definition) is 2. The van der Waals surface area contributed by atoms with Crippen LogP contribution in [-0.2, 0) is 10.1 Å². The molecule has 2 N–H and O–H groups in total. The molecular weight excluding hydrogens is 544 g/mol. The van der Waals surface area contributed by atoms with Gasteiger partial charge in [-0.15, -0.1) is 0 Å². The van der Waals surface area contributed by atoms with E-state index in [2.05, 4.69) is 31.3 Å². The number of allylic oxidation sites excluding steroid dienone is 3. The maximum Gasteiger partial charge on any atom is 0.294 e. The predicted molar refractivity (Wildman–Crippen MR) is 168 cm³/mol. The van der Waals surface area contributed by atoms with Crippen LogP contribution in [0.15, 0.2) is 113 Å². The number of nitrogens with one attached hydrogen (secondary N) is 1. The Kier molecular flexibility index (Phi) is 7.09. The van der Waals surface area contributed by atoms with Crippen LogP contribution in [0.25, 0.3) is 0 Å². The van der Waals surface area contributed by atoms with E-state index in [0.717, 1.165) is 50.6 Å². The van der Waals surface area contributed by atoms with E-state index in [1.54, 1.807) is 18.2 Å². The lowest BCUT2D eigenvalue weighted by Crippen LogP contribution is -2.27. The third kappa shape index (κ3) is 5.17. The van der Waals surface area contributed by atoms with Crippen molar-refractivity contribution in [3.05, 3.63) is 136 Å². The Morgan fingerprint density at radius 2 is 1.48 bits per heavy atom. The molecule has 1 aliphatic carbocycles. The minimum absolute atomic E-state index is 0.108. The lowest BCUT2D eigenvalue weighted by Gasteiger charge is -2.36. The zero-order chi connectivity index (χ0) is 29.6. The smallest absolute Gasteiger partial charge is 0.294 e. The van der Waals surface area contributed by atoms with Gasteiger partial charge in [0, 0.05) is 40.9 Å². The van der Waals surface area contributed by atoms with E-state index >= 15 is 0 Å². The van der Waals surface area contributed by atoms with Crippen molar-refractivity contribution in [2.24, 2.45) is 10.9 Å². The second-order valence-electron chi connectivity index (χ2n) is 10.9. The molecule has 4 aromatic rings. The van der Waals surface area contributed by atoms with Crippen molar-refractivity contribution in [3.8, 4) is 5.75 Å². The summed E-state index contributed by atoms with van der Waals surface area (Å²) in [5, 5.41) is 3.53. The molecule has 42 heavy (non-hydrogen) atoms. The summed E-state index contributed by atoms with van der Waals surface area (Å²) in [4.78, 5) is 4.83. The van der Waals surface area contributed by atoms with E-state index in [1.807, 2.05) is 74.5 Å². The van der Waals surface area contributed by atoms with Gasteiger partial charge in [-0.25, -0.2) is 4.99 Å². The fourth-order valence-corrected chi connectivity index (χ4v) is 6.65. The minimum Gasteiger partial charge on any atom is -0.461 e. The maximum absolute atomic E-state index is 12.5. The van der Waals surface area contributed by atoms with E-state index in [4.69, 9.17) is 9.73 Å². The fourth-order valence-electron chi connectivity index (χ4n) is 5.91. The molecule has 212 valence electrons. The number of benzene rings is 4. The highest BCUT2D eigenvalue weighted by Crippen LogP contribution is 2.49. The first-order chi connectivity index (χ1) is 20.1. The number of aryl methyl sites for hydroxylation is 4. The molecule has 2 atom stereocenters. The summed E-state index contributed by atoms with van der Waals surface area (Å²) < 4.78 is 41.6. The van der Waals surface area contributed by atoms with Crippen LogP contribution < -0.4 is 10.1 Å². The highest BCUT2D eigenvalue weighted by atomic mass is 32.2. The zero-order valence-electron chi connectivity index (χ0n) is 23.9. The van der Waals surface area contributed by atoms with E-state index in [1.165, 1.54) is 6.07 Å². The van der Waals surface area contributed by atoms with Gasteiger partial charge in [0.05, 0.1) is 16.3 Å². The molecule has 7 heteroatoms. The van der Waals surface area contributed by atoms with Gasteiger partial charge in [-0.2, -0.15) is 8.42 Å². The average Bonchev–Trinajstić information content (AvgIpc) is 2.95. The van der Waals surface area contributed by atoms with Crippen molar-refractivity contribution in [1.29, 1.82) is 0 Å². The molecule has 2 aliphatic rings. The predicted octanol–water partition coefficient (Wildman–Crippen LogP) is 8.28. The van der Waals surface area contributed by atoms with Gasteiger partial charge in [0.15, 0.2) is 0 Å². The summed E-state index contributed by atoms with van der Waals surface area (Å²) in [6.45, 7) is 8.20. The molecule has 4 aromatic carbocycles. The zero-order valence-corrected chi connectivity index (χ0v) is 24.7. The summed E-state index contributed by atoms with van der Waals surface area (Å²) in [6.07, 6.45) is 5.89. The Balaban J connectivity index is 1.49. The van der Waals surface area contributed by atoms with Crippen LogP contribution in [0.3, 0.4) is 0 Å². The molecule has 0 saturated carbocycles. The molecule has 0 aromatic heterocycles. The molecule has 2 unspecified atom stereocenters. The monoisotopic (exact) mass is 576 g/mol. The lowest BCUT2D eigenvalue weighted by atomic mass is 9.75. The average molecular weight is 577 g/mol. The number of anilines is 2. The Hall–Kier alpha value is -4.46. The molecule has 6 rings (SSSR count). The first-order valence-corrected chi connectivity index (χ1v) is 15.3. The molecule has 0 bridgehead atoms. The van der Waals surface area contributed by atoms with Crippen molar-refractivity contribution in [2.45, 2.75) is 38.5 Å². The number of ether oxygens (including phenoxy) is 1. The van der Waals surface area contributed by atoms with Gasteiger partial charge in [0.1, 0.15) is 11.5 Å². The Labute approximate surface area is 246 Å². The van der Waals surface area contributed by atoms with Crippen molar-refractivity contribution in [1.82, 2.24) is 0 Å². The second-order valence-corrected chi connectivity index (χ2v) is 12.3. The maximum atomic E-state index is 12.5. The third-order valence-electron chi connectivity index (χ3n) is 7.99. The number of nitrogens with zero attached hydrogens (tertiary/aromatic N) is 1. The summed E-state index contributed by atoms with van der Waals surface area (Å²) >= 11 is 0. The molecule has 0 saturated heterocycles. The summed E-state index contributed by atoms with van der Waals surface area (Å²) in [5.41, 5.74) is 9.29. The second kappa shape index (κ2) is 10.7. The first kappa shape index (κ1) is 27.7. The Morgan fingerprint density at radius 3 is 2.17 bits per heavy atom. The molecule has 0 spiro atoms. The van der Waals surface area contributed by atoms with E-state index < -0.39 is 16.0 Å². The normalized spacial score (nSPS) is 18.6. The SMILES string of the molecule is Cc1cccc(C)c1N=C1C=CC2C(=C1)Oc1cc(Nc3c(C)cccc3C)ccc1C2c1ccccc1S(=O)(=O)O. The highest BCUT2D eigenvalue weighted by molar-refractivity contribution is 7.85. The van der Waals surface area contributed by atoms with Crippen LogP contribution in [-0.4, -0.2) is 18.7 Å². The van der Waals surface area contributed by atoms with E-state index in [0.29, 0.717) is 17.1 Å². The molecule has 1 aliphatic heterocycles.